The van der Waals surface area contributed by atoms with E-state index < -0.39 is 74.5 Å². The maximum Gasteiger partial charge on any atom is 0.205 e. The van der Waals surface area contributed by atoms with Crippen molar-refractivity contribution in [3.8, 4) is 114 Å². The lowest BCUT2D eigenvalue weighted by Gasteiger charge is -2.23. The smallest absolute Gasteiger partial charge is 0.205 e. The van der Waals surface area contributed by atoms with Crippen LogP contribution in [0.2, 0.25) is 0 Å². The molecule has 0 saturated carbocycles. The molecule has 0 aliphatic carbocycles. The number of methoxy groups -OCH3 is 1. The Bertz CT molecular complexity index is 2550. The van der Waals surface area contributed by atoms with Gasteiger partial charge in [0.05, 0.1) is 12.7 Å². The van der Waals surface area contributed by atoms with E-state index in [0.29, 0.717) is 32.7 Å². The van der Waals surface area contributed by atoms with Crippen LogP contribution in [-0.4, -0.2) is 71.1 Å². The summed E-state index contributed by atoms with van der Waals surface area (Å²) in [5.74, 6) is -10.2. The van der Waals surface area contributed by atoms with Crippen LogP contribution in [0.25, 0.3) is 66.1 Å². The molecule has 11 N–H and O–H groups in total. The van der Waals surface area contributed by atoms with Gasteiger partial charge in [-0.25, -0.2) is 0 Å². The minimum absolute atomic E-state index is 0.170. The number of fused-ring (bicyclic) bond motifs is 2. The van der Waals surface area contributed by atoms with Gasteiger partial charge in [-0.3, -0.25) is 0 Å². The van der Waals surface area contributed by atoms with Gasteiger partial charge in [-0.2, -0.15) is 0 Å². The van der Waals surface area contributed by atoms with Crippen LogP contribution in [0.3, 0.4) is 0 Å². The summed E-state index contributed by atoms with van der Waals surface area (Å²) in [6.07, 6.45) is 0. The van der Waals surface area contributed by atoms with E-state index in [4.69, 9.17) is 12.6 Å². The zero-order chi connectivity index (χ0) is 37.3. The number of hydrogen-bond donors (Lipinski definition) is 11. The van der Waals surface area contributed by atoms with Gasteiger partial charge in [0.25, 0.3) is 0 Å². The second kappa shape index (κ2) is 12.0. The van der Waals surface area contributed by atoms with Crippen LogP contribution >= 0.6 is 0 Å². The van der Waals surface area contributed by atoms with E-state index in [1.807, 2.05) is 0 Å². The van der Waals surface area contributed by atoms with Crippen LogP contribution in [-0.2, 0) is 0 Å². The summed E-state index contributed by atoms with van der Waals surface area (Å²) in [6.45, 7) is 0. The molecule has 7 aromatic rings. The Labute approximate surface area is 294 Å². The lowest BCUT2D eigenvalue weighted by molar-refractivity contribution is 0.336. The van der Waals surface area contributed by atoms with Gasteiger partial charge >= 0.3 is 0 Å². The van der Waals surface area contributed by atoms with Crippen LogP contribution in [0.5, 0.6) is 69.0 Å². The van der Waals surface area contributed by atoms with Crippen LogP contribution in [0, 0.1) is 0 Å². The number of hydrogen-bond acceptors (Lipinski definition) is 12. The van der Waals surface area contributed by atoms with Gasteiger partial charge in [0.1, 0.15) is 13.6 Å². The molecule has 0 unspecified atom stereocenters. The molecular formula is C39H27BO12. The van der Waals surface area contributed by atoms with Crippen LogP contribution in [0.1, 0.15) is 0 Å². The molecule has 0 saturated heterocycles. The average molecular weight is 698 g/mol. The van der Waals surface area contributed by atoms with Crippen molar-refractivity contribution in [2.75, 3.05) is 7.11 Å². The third-order valence-electron chi connectivity index (χ3n) is 9.15. The third-order valence-corrected chi connectivity index (χ3v) is 9.15. The third kappa shape index (κ3) is 4.63. The molecule has 0 spiro atoms. The van der Waals surface area contributed by atoms with E-state index in [9.17, 15) is 56.2 Å². The van der Waals surface area contributed by atoms with Gasteiger partial charge in [0, 0.05) is 22.3 Å². The largest absolute Gasteiger partial charge is 0.508 e. The summed E-state index contributed by atoms with van der Waals surface area (Å²) in [7, 11) is 6.90. The van der Waals surface area contributed by atoms with Gasteiger partial charge < -0.3 is 60.9 Å². The molecule has 2 radical (unpaired) electrons. The summed E-state index contributed by atoms with van der Waals surface area (Å²) in [5.41, 5.74) is 0.345. The molecule has 13 heteroatoms. The van der Waals surface area contributed by atoms with Gasteiger partial charge in [0.2, 0.25) is 28.7 Å². The summed E-state index contributed by atoms with van der Waals surface area (Å²) in [4.78, 5) is 0. The van der Waals surface area contributed by atoms with Gasteiger partial charge in [-0.05, 0) is 49.8 Å². The lowest BCUT2D eigenvalue weighted by atomic mass is 9.82. The highest BCUT2D eigenvalue weighted by Crippen LogP contribution is 2.61. The molecule has 52 heavy (non-hydrogen) atoms. The summed E-state index contributed by atoms with van der Waals surface area (Å²) in [6, 6.07) is 21.5. The van der Waals surface area contributed by atoms with Crippen molar-refractivity contribution < 1.29 is 60.9 Å². The molecule has 258 valence electrons. The summed E-state index contributed by atoms with van der Waals surface area (Å²) >= 11 is 0. The predicted molar refractivity (Wildman–Crippen MR) is 193 cm³/mol. The molecule has 0 aliphatic rings. The van der Waals surface area contributed by atoms with Crippen molar-refractivity contribution in [1.29, 1.82) is 0 Å². The summed E-state index contributed by atoms with van der Waals surface area (Å²) in [5, 5.41) is 119. The van der Waals surface area contributed by atoms with Crippen molar-refractivity contribution in [3.63, 3.8) is 0 Å². The highest BCUT2D eigenvalue weighted by Gasteiger charge is 2.32. The molecular weight excluding hydrogens is 671 g/mol. The Hall–Kier alpha value is -7.28. The Balaban J connectivity index is 1.58. The zero-order valence-corrected chi connectivity index (χ0v) is 26.9. The summed E-state index contributed by atoms with van der Waals surface area (Å²) < 4.78 is 5.47. The first-order valence-corrected chi connectivity index (χ1v) is 15.4. The van der Waals surface area contributed by atoms with E-state index >= 15 is 0 Å². The van der Waals surface area contributed by atoms with Gasteiger partial charge in [-0.1, -0.05) is 72.8 Å². The van der Waals surface area contributed by atoms with Crippen molar-refractivity contribution >= 4 is 34.9 Å². The Morgan fingerprint density at radius 2 is 0.846 bits per heavy atom. The second-order valence-electron chi connectivity index (χ2n) is 11.9. The van der Waals surface area contributed by atoms with E-state index in [1.165, 1.54) is 0 Å². The van der Waals surface area contributed by atoms with E-state index in [0.717, 1.165) is 13.2 Å². The molecule has 0 heterocycles. The highest BCUT2D eigenvalue weighted by molar-refractivity contribution is 6.37. The van der Waals surface area contributed by atoms with Crippen molar-refractivity contribution in [2.45, 2.75) is 0 Å². The van der Waals surface area contributed by atoms with E-state index in [1.54, 1.807) is 72.8 Å². The van der Waals surface area contributed by atoms with E-state index in [2.05, 4.69) is 0 Å². The Morgan fingerprint density at radius 3 is 1.37 bits per heavy atom. The number of ether oxygens (including phenoxy) is 1. The first kappa shape index (κ1) is 33.2. The standard InChI is InChI=1S/C39H27BO12/c1-52-39-26(21-14-22(41)30(43)35(48)29(21)42)27(33(46)37(50)38(39)51)25-19-8-4-2-6-17(19)23(18-7-3-5-9-20(18)25)15-10-12-16(13-11-15)24-31(44)28(40)34(47)36(49)32(24)45/h2-14,41-51H,1H3. The maximum absolute atomic E-state index is 11.6. The second-order valence-corrected chi connectivity index (χ2v) is 11.9. The molecule has 12 nitrogen and oxygen atoms in total. The highest BCUT2D eigenvalue weighted by atomic mass is 16.5. The van der Waals surface area contributed by atoms with Crippen LogP contribution in [0.15, 0.2) is 78.9 Å². The first-order valence-electron chi connectivity index (χ1n) is 15.4. The fraction of sp³-hybridized carbons (Fsp3) is 0.0256. The first-order chi connectivity index (χ1) is 24.8. The molecule has 0 bridgehead atoms. The monoisotopic (exact) mass is 698 g/mol. The number of phenols is 11. The molecule has 0 aromatic heterocycles. The average Bonchev–Trinajstić information content (AvgIpc) is 3.15. The van der Waals surface area contributed by atoms with Crippen molar-refractivity contribution in [1.82, 2.24) is 0 Å². The van der Waals surface area contributed by atoms with Gasteiger partial charge in [0.15, 0.2) is 34.5 Å². The maximum atomic E-state index is 11.6. The normalized spacial score (nSPS) is 11.3. The molecule has 0 amide bonds. The number of phenolic OH excluding ortho intramolecular Hbond substituents is 11. The number of benzene rings is 7. The van der Waals surface area contributed by atoms with Crippen molar-refractivity contribution in [2.24, 2.45) is 0 Å². The minimum atomic E-state index is -1.09. The minimum Gasteiger partial charge on any atom is -0.508 e. The lowest BCUT2D eigenvalue weighted by Crippen LogP contribution is -2.05. The molecule has 0 aliphatic heterocycles. The SMILES string of the molecule is [B]c1c(O)c(O)c(O)c(-c2ccc(-c3c4ccccc4c(-c4c(O)c(O)c(O)c(OC)c4-c4cc(O)c(O)c(O)c4O)c4ccccc34)cc2)c1O. The Morgan fingerprint density at radius 1 is 0.404 bits per heavy atom. The zero-order valence-electron chi connectivity index (χ0n) is 26.9. The molecule has 0 atom stereocenters. The van der Waals surface area contributed by atoms with E-state index in [-0.39, 0.29) is 33.4 Å². The quantitative estimate of drug-likeness (QED) is 0.0416. The van der Waals surface area contributed by atoms with Crippen molar-refractivity contribution in [3.05, 3.63) is 78.9 Å². The number of rotatable bonds is 5. The fourth-order valence-corrected chi connectivity index (χ4v) is 6.72. The fourth-order valence-electron chi connectivity index (χ4n) is 6.72. The van der Waals surface area contributed by atoms with Gasteiger partial charge in [-0.15, -0.1) is 0 Å². The topological polar surface area (TPSA) is 232 Å². The predicted octanol–water partition coefficient (Wildman–Crippen LogP) is 6.23. The molecule has 7 aromatic carbocycles. The van der Waals surface area contributed by atoms with Crippen LogP contribution < -0.4 is 10.2 Å². The number of aromatic hydroxyl groups is 11. The molecule has 0 fully saturated rings. The molecule has 7 rings (SSSR count). The van der Waals surface area contributed by atoms with Crippen LogP contribution in [0.4, 0.5) is 0 Å². The Kier molecular flexibility index (Phi) is 7.64.